The molecular weight excluding hydrogens is 518 g/mol. The molecule has 11 heteroatoms. The molecule has 11 nitrogen and oxygen atoms in total. The highest BCUT2D eigenvalue weighted by atomic mass is 16.3. The lowest BCUT2D eigenvalue weighted by molar-refractivity contribution is -0.140. The highest BCUT2D eigenvalue weighted by Gasteiger charge is 2.27. The van der Waals surface area contributed by atoms with Crippen molar-refractivity contribution in [2.45, 2.75) is 12.5 Å². The lowest BCUT2D eigenvalue weighted by Gasteiger charge is -2.36. The molecule has 1 aliphatic rings. The van der Waals surface area contributed by atoms with E-state index < -0.39 is 6.10 Å². The van der Waals surface area contributed by atoms with Crippen molar-refractivity contribution in [2.24, 2.45) is 7.05 Å². The van der Waals surface area contributed by atoms with Crippen LogP contribution in [0.3, 0.4) is 0 Å². The largest absolute Gasteiger partial charge is 0.383 e. The van der Waals surface area contributed by atoms with E-state index in [1.165, 1.54) is 0 Å². The molecule has 0 bridgehead atoms. The third kappa shape index (κ3) is 5.08. The molecule has 1 saturated heterocycles. The molecule has 0 spiro atoms. The van der Waals surface area contributed by atoms with Crippen LogP contribution in [0, 0.1) is 11.3 Å². The van der Waals surface area contributed by atoms with Gasteiger partial charge in [-0.3, -0.25) is 9.48 Å². The Bertz CT molecular complexity index is 1740. The van der Waals surface area contributed by atoms with Gasteiger partial charge in [-0.15, -0.1) is 5.10 Å². The van der Waals surface area contributed by atoms with Crippen molar-refractivity contribution < 1.29 is 9.90 Å². The first-order valence-corrected chi connectivity index (χ1v) is 13.3. The number of aliphatic hydroxyl groups is 1. The van der Waals surface area contributed by atoms with E-state index in [0.29, 0.717) is 43.7 Å². The summed E-state index contributed by atoms with van der Waals surface area (Å²) in [7, 11) is 1.86. The maximum atomic E-state index is 12.8. The Kier molecular flexibility index (Phi) is 6.83. The van der Waals surface area contributed by atoms with E-state index >= 15 is 0 Å². The predicted molar refractivity (Wildman–Crippen MR) is 155 cm³/mol. The third-order valence-corrected chi connectivity index (χ3v) is 7.44. The molecule has 0 aliphatic carbocycles. The number of nitriles is 1. The molecule has 5 aromatic rings. The average molecular weight is 548 g/mol. The van der Waals surface area contributed by atoms with Gasteiger partial charge in [0, 0.05) is 80.5 Å². The number of carbonyl (C=O) groups is 1. The van der Waals surface area contributed by atoms with Crippen LogP contribution in [0.1, 0.15) is 11.1 Å². The number of carbonyl (C=O) groups excluding carboxylic acids is 1. The van der Waals surface area contributed by atoms with E-state index in [-0.39, 0.29) is 11.7 Å². The number of aryl methyl sites for hydroxylation is 1. The predicted octanol–water partition coefficient (Wildman–Crippen LogP) is 2.50. The molecule has 6 rings (SSSR count). The first-order chi connectivity index (χ1) is 19.9. The van der Waals surface area contributed by atoms with Crippen LogP contribution in [0.15, 0.2) is 73.3 Å². The Morgan fingerprint density at radius 2 is 1.83 bits per heavy atom. The summed E-state index contributed by atoms with van der Waals surface area (Å²) in [6.07, 6.45) is 6.55. The number of fused-ring (bicyclic) bond motifs is 1. The Balaban J connectivity index is 1.20. The quantitative estimate of drug-likeness (QED) is 0.330. The molecule has 1 fully saturated rings. The third-order valence-electron chi connectivity index (χ3n) is 7.44. The van der Waals surface area contributed by atoms with Gasteiger partial charge in [-0.05, 0) is 23.8 Å². The van der Waals surface area contributed by atoms with Crippen molar-refractivity contribution in [3.05, 3.63) is 84.4 Å². The number of nitrogens with two attached hydrogens (primary N) is 1. The number of hydrogen-bond acceptors (Lipinski definition) is 8. The molecule has 5 heterocycles. The molecule has 1 aliphatic heterocycles. The second kappa shape index (κ2) is 10.7. The van der Waals surface area contributed by atoms with Crippen LogP contribution in [0.2, 0.25) is 0 Å². The minimum absolute atomic E-state index is 0.169. The Hall–Kier alpha value is -5.21. The first kappa shape index (κ1) is 26.0. The molecule has 0 radical (unpaired) electrons. The van der Waals surface area contributed by atoms with Gasteiger partial charge in [-0.1, -0.05) is 30.3 Å². The molecule has 206 valence electrons. The monoisotopic (exact) mass is 547 g/mol. The van der Waals surface area contributed by atoms with E-state index in [1.807, 2.05) is 68.0 Å². The normalized spacial score (nSPS) is 14.3. The number of rotatable bonds is 6. The number of hydrogen-bond donors (Lipinski definition) is 2. The second-order valence-corrected chi connectivity index (χ2v) is 10.1. The highest BCUT2D eigenvalue weighted by molar-refractivity contribution is 5.90. The molecule has 4 aromatic heterocycles. The van der Waals surface area contributed by atoms with Crippen LogP contribution >= 0.6 is 0 Å². The van der Waals surface area contributed by atoms with Crippen molar-refractivity contribution >= 4 is 23.1 Å². The molecule has 1 amide bonds. The maximum Gasteiger partial charge on any atom is 0.251 e. The summed E-state index contributed by atoms with van der Waals surface area (Å²) in [6, 6.07) is 17.6. The Labute approximate surface area is 236 Å². The number of benzene rings is 1. The van der Waals surface area contributed by atoms with Gasteiger partial charge >= 0.3 is 0 Å². The zero-order valence-electron chi connectivity index (χ0n) is 22.6. The van der Waals surface area contributed by atoms with Crippen molar-refractivity contribution in [3.8, 4) is 28.3 Å². The van der Waals surface area contributed by atoms with E-state index in [1.54, 1.807) is 26.5 Å². The number of amides is 1. The van der Waals surface area contributed by atoms with E-state index in [0.717, 1.165) is 33.6 Å². The molecular formula is C30H29N9O2. The lowest BCUT2D eigenvalue weighted by Crippen LogP contribution is -2.52. The van der Waals surface area contributed by atoms with E-state index in [4.69, 9.17) is 10.7 Å². The average Bonchev–Trinajstić information content (AvgIpc) is 3.58. The number of nitrogens with zero attached hydrogens (tertiary/aromatic N) is 8. The van der Waals surface area contributed by atoms with Gasteiger partial charge in [-0.2, -0.15) is 10.4 Å². The fraction of sp³-hybridized carbons (Fsp3) is 0.233. The van der Waals surface area contributed by atoms with E-state index in [9.17, 15) is 15.2 Å². The molecule has 0 unspecified atom stereocenters. The van der Waals surface area contributed by atoms with Crippen LogP contribution in [0.4, 0.5) is 11.6 Å². The zero-order chi connectivity index (χ0) is 28.5. The highest BCUT2D eigenvalue weighted by Crippen LogP contribution is 2.34. The summed E-state index contributed by atoms with van der Waals surface area (Å²) in [4.78, 5) is 21.4. The zero-order valence-corrected chi connectivity index (χ0v) is 22.6. The smallest absolute Gasteiger partial charge is 0.251 e. The minimum atomic E-state index is -1.06. The van der Waals surface area contributed by atoms with Crippen LogP contribution < -0.4 is 10.6 Å². The SMILES string of the molecule is Cn1cc(-c2cc(-c3ccc(N4CCN(C(=O)[C@@H](O)Cc5ccccc5)CC4)nc3)c3c(C#N)c(N)nn3c2)cn1. The molecule has 3 N–H and O–H groups in total. The Morgan fingerprint density at radius 1 is 1.05 bits per heavy atom. The topological polar surface area (TPSA) is 142 Å². The molecule has 1 aromatic carbocycles. The molecule has 41 heavy (non-hydrogen) atoms. The van der Waals surface area contributed by atoms with Crippen LogP contribution in [0.5, 0.6) is 0 Å². The van der Waals surface area contributed by atoms with Gasteiger partial charge in [0.25, 0.3) is 5.91 Å². The van der Waals surface area contributed by atoms with Crippen LogP contribution in [-0.4, -0.2) is 72.6 Å². The standard InChI is InChI=1S/C30H29N9O2/c1-36-18-23(17-34-36)22-14-24(28-25(15-31)29(32)35-39(28)19-22)21-7-8-27(33-16-21)37-9-11-38(12-10-37)30(41)26(40)13-20-5-3-2-4-6-20/h2-8,14,16-19,26,40H,9-13H2,1H3,(H2,32,35)/t26-/m0/s1. The molecule has 1 atom stereocenters. The Morgan fingerprint density at radius 3 is 2.49 bits per heavy atom. The summed E-state index contributed by atoms with van der Waals surface area (Å²) >= 11 is 0. The summed E-state index contributed by atoms with van der Waals surface area (Å²) in [5.41, 5.74) is 11.3. The summed E-state index contributed by atoms with van der Waals surface area (Å²) < 4.78 is 3.37. The van der Waals surface area contributed by atoms with Gasteiger partial charge < -0.3 is 20.6 Å². The fourth-order valence-corrected chi connectivity index (χ4v) is 5.28. The number of piperazine rings is 1. The fourth-order valence-electron chi connectivity index (χ4n) is 5.28. The maximum absolute atomic E-state index is 12.8. The number of pyridine rings is 2. The summed E-state index contributed by atoms with van der Waals surface area (Å²) in [6.45, 7) is 2.22. The van der Waals surface area contributed by atoms with Crippen molar-refractivity contribution in [2.75, 3.05) is 36.8 Å². The van der Waals surface area contributed by atoms with Crippen molar-refractivity contribution in [1.29, 1.82) is 5.26 Å². The number of nitrogen functional groups attached to an aromatic ring is 1. The minimum Gasteiger partial charge on any atom is -0.383 e. The van der Waals surface area contributed by atoms with Gasteiger partial charge in [0.05, 0.1) is 11.7 Å². The number of aromatic nitrogens is 5. The molecule has 0 saturated carbocycles. The van der Waals surface area contributed by atoms with Crippen LogP contribution in [-0.2, 0) is 18.3 Å². The summed E-state index contributed by atoms with van der Waals surface area (Å²) in [5.74, 6) is 0.712. The number of anilines is 2. The van der Waals surface area contributed by atoms with Gasteiger partial charge in [0.1, 0.15) is 23.6 Å². The summed E-state index contributed by atoms with van der Waals surface area (Å²) in [5, 5.41) is 28.9. The number of aliphatic hydroxyl groups excluding tert-OH is 1. The van der Waals surface area contributed by atoms with Crippen molar-refractivity contribution in [3.63, 3.8) is 0 Å². The van der Waals surface area contributed by atoms with Crippen molar-refractivity contribution in [1.82, 2.24) is 29.3 Å². The van der Waals surface area contributed by atoms with E-state index in [2.05, 4.69) is 21.2 Å². The van der Waals surface area contributed by atoms with Gasteiger partial charge in [-0.25, -0.2) is 9.50 Å². The lowest BCUT2D eigenvalue weighted by atomic mass is 10.0. The second-order valence-electron chi connectivity index (χ2n) is 10.1. The van der Waals surface area contributed by atoms with Gasteiger partial charge in [0.15, 0.2) is 5.82 Å². The first-order valence-electron chi connectivity index (χ1n) is 13.3. The van der Waals surface area contributed by atoms with Crippen LogP contribution in [0.25, 0.3) is 27.8 Å². The van der Waals surface area contributed by atoms with Gasteiger partial charge in [0.2, 0.25) is 0 Å².